The van der Waals surface area contributed by atoms with Crippen LogP contribution in [0.3, 0.4) is 0 Å². The van der Waals surface area contributed by atoms with E-state index in [0.717, 1.165) is 27.7 Å². The molecule has 19 heavy (non-hydrogen) atoms. The van der Waals surface area contributed by atoms with E-state index in [1.54, 1.807) is 12.1 Å². The number of benzene rings is 2. The number of aliphatic hydroxyl groups excluding tert-OH is 1. The number of nitrogens with zero attached hydrogens (tertiary/aromatic N) is 3. The first kappa shape index (κ1) is 11.8. The lowest BCUT2D eigenvalue weighted by Crippen LogP contribution is -1.92. The number of hydrogen-bond acceptors (Lipinski definition) is 5. The van der Waals surface area contributed by atoms with Crippen LogP contribution in [0.2, 0.25) is 0 Å². The Bertz CT molecular complexity index is 789. The maximum absolute atomic E-state index is 9.48. The van der Waals surface area contributed by atoms with Gasteiger partial charge in [0.2, 0.25) is 0 Å². The van der Waals surface area contributed by atoms with Gasteiger partial charge >= 0.3 is 0 Å². The van der Waals surface area contributed by atoms with E-state index < -0.39 is 0 Å². The number of hydrogen-bond donors (Lipinski definition) is 1. The molecule has 3 aromatic rings. The zero-order valence-corrected chi connectivity index (χ0v) is 10.7. The molecule has 1 N–H and O–H groups in total. The van der Waals surface area contributed by atoms with E-state index in [0.29, 0.717) is 5.56 Å². The van der Waals surface area contributed by atoms with E-state index in [4.69, 9.17) is 5.26 Å². The fourth-order valence-corrected chi connectivity index (χ4v) is 2.63. The Morgan fingerprint density at radius 1 is 1.16 bits per heavy atom. The molecule has 0 radical (unpaired) electrons. The van der Waals surface area contributed by atoms with Crippen LogP contribution in [0.5, 0.6) is 0 Å². The summed E-state index contributed by atoms with van der Waals surface area (Å²) in [4.78, 5) is 0. The number of nitriles is 1. The molecule has 92 valence electrons. The average molecular weight is 267 g/mol. The fraction of sp³-hybridized carbons (Fsp3) is 0.0714. The molecule has 3 rings (SSSR count). The van der Waals surface area contributed by atoms with E-state index in [2.05, 4.69) is 14.8 Å². The van der Waals surface area contributed by atoms with Crippen molar-refractivity contribution >= 4 is 22.8 Å². The number of rotatable bonds is 2. The lowest BCUT2D eigenvalue weighted by Gasteiger charge is -2.08. The summed E-state index contributed by atoms with van der Waals surface area (Å²) in [7, 11) is 0. The lowest BCUT2D eigenvalue weighted by atomic mass is 9.97. The first-order chi connectivity index (χ1) is 9.33. The molecule has 4 nitrogen and oxygen atoms in total. The molecule has 0 aliphatic carbocycles. The van der Waals surface area contributed by atoms with Crippen molar-refractivity contribution in [2.24, 2.45) is 0 Å². The van der Waals surface area contributed by atoms with Crippen molar-refractivity contribution in [1.82, 2.24) is 8.75 Å². The molecule has 0 aliphatic heterocycles. The van der Waals surface area contributed by atoms with Gasteiger partial charge in [-0.3, -0.25) is 0 Å². The molecule has 1 aromatic heterocycles. The summed E-state index contributed by atoms with van der Waals surface area (Å²) in [6.07, 6.45) is 0. The van der Waals surface area contributed by atoms with Gasteiger partial charge in [0.15, 0.2) is 0 Å². The minimum absolute atomic E-state index is 0.112. The molecule has 0 saturated heterocycles. The Morgan fingerprint density at radius 3 is 2.84 bits per heavy atom. The molecular formula is C14H9N3OS. The van der Waals surface area contributed by atoms with Crippen LogP contribution in [-0.4, -0.2) is 13.9 Å². The Hall–Kier alpha value is -2.29. The van der Waals surface area contributed by atoms with Gasteiger partial charge in [0.1, 0.15) is 11.0 Å². The van der Waals surface area contributed by atoms with Gasteiger partial charge in [-0.1, -0.05) is 18.2 Å². The predicted octanol–water partition coefficient (Wildman–Crippen LogP) is 2.72. The standard InChI is InChI=1S/C14H9N3OS/c15-7-9-4-5-11(10(6-9)8-18)12-2-1-3-13-14(12)17-19-16-13/h1-6,18H,8H2. The molecule has 0 spiro atoms. The van der Waals surface area contributed by atoms with Crippen molar-refractivity contribution in [3.05, 3.63) is 47.5 Å². The van der Waals surface area contributed by atoms with Crippen LogP contribution in [0.1, 0.15) is 11.1 Å². The third kappa shape index (κ3) is 1.97. The van der Waals surface area contributed by atoms with Crippen LogP contribution < -0.4 is 0 Å². The van der Waals surface area contributed by atoms with Crippen molar-refractivity contribution in [3.63, 3.8) is 0 Å². The zero-order valence-electron chi connectivity index (χ0n) is 9.87. The first-order valence-corrected chi connectivity index (χ1v) is 6.42. The Labute approximate surface area is 113 Å². The molecule has 0 fully saturated rings. The maximum atomic E-state index is 9.48. The van der Waals surface area contributed by atoms with Crippen LogP contribution in [0.25, 0.3) is 22.2 Å². The second-order valence-corrected chi connectivity index (χ2v) is 4.61. The quantitative estimate of drug-likeness (QED) is 0.775. The van der Waals surface area contributed by atoms with Gasteiger partial charge in [-0.25, -0.2) is 0 Å². The highest BCUT2D eigenvalue weighted by Gasteiger charge is 2.11. The van der Waals surface area contributed by atoms with Gasteiger partial charge in [-0.15, -0.1) is 0 Å². The van der Waals surface area contributed by atoms with Crippen LogP contribution in [0, 0.1) is 11.3 Å². The second kappa shape index (κ2) is 4.76. The lowest BCUT2D eigenvalue weighted by molar-refractivity contribution is 0.282. The van der Waals surface area contributed by atoms with E-state index in [-0.39, 0.29) is 6.61 Å². The Balaban J connectivity index is 2.27. The van der Waals surface area contributed by atoms with Gasteiger partial charge in [-0.05, 0) is 29.3 Å². The largest absolute Gasteiger partial charge is 0.392 e. The van der Waals surface area contributed by atoms with Crippen molar-refractivity contribution < 1.29 is 5.11 Å². The van der Waals surface area contributed by atoms with E-state index in [9.17, 15) is 5.11 Å². The van der Waals surface area contributed by atoms with E-state index in [1.165, 1.54) is 11.7 Å². The molecule has 0 saturated carbocycles. The van der Waals surface area contributed by atoms with Crippen molar-refractivity contribution in [2.75, 3.05) is 0 Å². The average Bonchev–Trinajstić information content (AvgIpc) is 2.95. The van der Waals surface area contributed by atoms with Crippen LogP contribution in [0.4, 0.5) is 0 Å². The van der Waals surface area contributed by atoms with Gasteiger partial charge in [0.05, 0.1) is 30.0 Å². The smallest absolute Gasteiger partial charge is 0.112 e. The number of fused-ring (bicyclic) bond motifs is 1. The van der Waals surface area contributed by atoms with Gasteiger partial charge in [-0.2, -0.15) is 14.0 Å². The van der Waals surface area contributed by atoms with Crippen molar-refractivity contribution in [1.29, 1.82) is 5.26 Å². The molecule has 1 heterocycles. The van der Waals surface area contributed by atoms with Gasteiger partial charge in [0, 0.05) is 5.56 Å². The van der Waals surface area contributed by atoms with Crippen molar-refractivity contribution in [2.45, 2.75) is 6.61 Å². The summed E-state index contributed by atoms with van der Waals surface area (Å²) >= 11 is 1.17. The van der Waals surface area contributed by atoms with E-state index in [1.807, 2.05) is 24.3 Å². The third-order valence-electron chi connectivity index (χ3n) is 2.98. The predicted molar refractivity (Wildman–Crippen MR) is 73.5 cm³/mol. The van der Waals surface area contributed by atoms with Crippen LogP contribution in [0.15, 0.2) is 36.4 Å². The number of aliphatic hydroxyl groups is 1. The SMILES string of the molecule is N#Cc1ccc(-c2cccc3nsnc23)c(CO)c1. The van der Waals surface area contributed by atoms with Crippen LogP contribution >= 0.6 is 11.7 Å². The molecule has 5 heteroatoms. The molecule has 0 unspecified atom stereocenters. The summed E-state index contributed by atoms with van der Waals surface area (Å²) in [5.74, 6) is 0. The molecule has 2 aromatic carbocycles. The Morgan fingerprint density at radius 2 is 2.05 bits per heavy atom. The maximum Gasteiger partial charge on any atom is 0.112 e. The molecule has 0 amide bonds. The first-order valence-electron chi connectivity index (χ1n) is 5.69. The molecule has 0 aliphatic rings. The monoisotopic (exact) mass is 267 g/mol. The number of aromatic nitrogens is 2. The normalized spacial score (nSPS) is 10.5. The molecular weight excluding hydrogens is 258 g/mol. The molecule has 0 atom stereocenters. The summed E-state index contributed by atoms with van der Waals surface area (Å²) in [6, 6.07) is 13.1. The Kier molecular flexibility index (Phi) is 2.95. The van der Waals surface area contributed by atoms with E-state index >= 15 is 0 Å². The third-order valence-corrected chi connectivity index (χ3v) is 3.52. The van der Waals surface area contributed by atoms with Crippen molar-refractivity contribution in [3.8, 4) is 17.2 Å². The minimum Gasteiger partial charge on any atom is -0.392 e. The van der Waals surface area contributed by atoms with Gasteiger partial charge < -0.3 is 5.11 Å². The molecule has 0 bridgehead atoms. The second-order valence-electron chi connectivity index (χ2n) is 4.08. The summed E-state index contributed by atoms with van der Waals surface area (Å²) in [5.41, 5.74) is 4.75. The van der Waals surface area contributed by atoms with Crippen LogP contribution in [-0.2, 0) is 6.61 Å². The highest BCUT2D eigenvalue weighted by molar-refractivity contribution is 7.00. The topological polar surface area (TPSA) is 69.8 Å². The highest BCUT2D eigenvalue weighted by Crippen LogP contribution is 2.30. The summed E-state index contributed by atoms with van der Waals surface area (Å²) < 4.78 is 8.51. The summed E-state index contributed by atoms with van der Waals surface area (Å²) in [6.45, 7) is -0.112. The summed E-state index contributed by atoms with van der Waals surface area (Å²) in [5, 5.41) is 18.4. The van der Waals surface area contributed by atoms with Gasteiger partial charge in [0.25, 0.3) is 0 Å². The highest BCUT2D eigenvalue weighted by atomic mass is 32.1. The zero-order chi connectivity index (χ0) is 13.2. The minimum atomic E-state index is -0.112. The fourth-order valence-electron chi connectivity index (χ4n) is 2.08.